The van der Waals surface area contributed by atoms with Crippen LogP contribution in [-0.4, -0.2) is 0 Å². The van der Waals surface area contributed by atoms with Crippen LogP contribution in [0.2, 0.25) is 5.02 Å². The lowest BCUT2D eigenvalue weighted by molar-refractivity contribution is 0.482. The molecule has 100 valence electrons. The number of rotatable bonds is 4. The summed E-state index contributed by atoms with van der Waals surface area (Å²) in [5.41, 5.74) is 8.21. The third kappa shape index (κ3) is 3.49. The molecule has 0 aliphatic heterocycles. The van der Waals surface area contributed by atoms with Crippen LogP contribution in [0.1, 0.15) is 30.5 Å². The topological polar surface area (TPSA) is 35.2 Å². The van der Waals surface area contributed by atoms with Gasteiger partial charge in [-0.1, -0.05) is 36.7 Å². The van der Waals surface area contributed by atoms with Crippen molar-refractivity contribution in [1.82, 2.24) is 0 Å². The van der Waals surface area contributed by atoms with Gasteiger partial charge in [0.15, 0.2) is 0 Å². The molecule has 0 fully saturated rings. The maximum Gasteiger partial charge on any atom is 0.146 e. The van der Waals surface area contributed by atoms with Gasteiger partial charge in [-0.25, -0.2) is 0 Å². The predicted octanol–water partition coefficient (Wildman–Crippen LogP) is 4.85. The highest BCUT2D eigenvalue weighted by atomic mass is 35.5. The van der Waals surface area contributed by atoms with Gasteiger partial charge in [0.25, 0.3) is 0 Å². The van der Waals surface area contributed by atoms with Crippen LogP contribution in [0.4, 0.5) is 0 Å². The van der Waals surface area contributed by atoms with E-state index in [0.717, 1.165) is 23.3 Å². The third-order valence-corrected chi connectivity index (χ3v) is 3.37. The van der Waals surface area contributed by atoms with Crippen molar-refractivity contribution in [1.29, 1.82) is 0 Å². The molecule has 2 N–H and O–H groups in total. The molecule has 2 nitrogen and oxygen atoms in total. The van der Waals surface area contributed by atoms with Crippen LogP contribution in [0, 0.1) is 6.92 Å². The second kappa shape index (κ2) is 6.09. The number of aryl methyl sites for hydroxylation is 1. The van der Waals surface area contributed by atoms with Crippen LogP contribution in [0.3, 0.4) is 0 Å². The normalized spacial score (nSPS) is 12.2. The van der Waals surface area contributed by atoms with Crippen molar-refractivity contribution in [2.45, 2.75) is 26.3 Å². The van der Waals surface area contributed by atoms with E-state index in [9.17, 15) is 0 Å². The molecule has 0 bridgehead atoms. The van der Waals surface area contributed by atoms with Crippen molar-refractivity contribution < 1.29 is 4.74 Å². The van der Waals surface area contributed by atoms with Crippen molar-refractivity contribution in [2.24, 2.45) is 5.73 Å². The van der Waals surface area contributed by atoms with E-state index < -0.39 is 0 Å². The molecule has 0 heterocycles. The van der Waals surface area contributed by atoms with Crippen molar-refractivity contribution in [3.8, 4) is 11.5 Å². The Bertz CT molecular complexity index is 551. The maximum absolute atomic E-state index is 6.11. The summed E-state index contributed by atoms with van der Waals surface area (Å²) in [6.07, 6.45) is 0.921. The zero-order valence-electron chi connectivity index (χ0n) is 11.2. The average molecular weight is 276 g/mol. The first-order chi connectivity index (χ1) is 9.10. The molecule has 0 spiro atoms. The van der Waals surface area contributed by atoms with E-state index in [4.69, 9.17) is 22.1 Å². The molecule has 2 aromatic carbocycles. The highest BCUT2D eigenvalue weighted by molar-refractivity contribution is 6.32. The Morgan fingerprint density at radius 2 is 1.84 bits per heavy atom. The molecule has 0 amide bonds. The SMILES string of the molecule is CC[C@@H](N)c1ccc(Oc2cc(C)ccc2Cl)cc1. The van der Waals surface area contributed by atoms with Crippen molar-refractivity contribution in [3.05, 3.63) is 58.6 Å². The molecule has 2 rings (SSSR count). The van der Waals surface area contributed by atoms with E-state index in [2.05, 4.69) is 6.92 Å². The summed E-state index contributed by atoms with van der Waals surface area (Å²) in [5, 5.41) is 0.611. The monoisotopic (exact) mass is 275 g/mol. The second-order valence-corrected chi connectivity index (χ2v) is 5.03. The molecule has 0 radical (unpaired) electrons. The van der Waals surface area contributed by atoms with Gasteiger partial charge in [-0.15, -0.1) is 0 Å². The maximum atomic E-state index is 6.11. The molecule has 2 aromatic rings. The minimum Gasteiger partial charge on any atom is -0.456 e. The summed E-state index contributed by atoms with van der Waals surface area (Å²) < 4.78 is 5.79. The number of hydrogen-bond acceptors (Lipinski definition) is 2. The van der Waals surface area contributed by atoms with Crippen molar-refractivity contribution >= 4 is 11.6 Å². The fourth-order valence-corrected chi connectivity index (χ4v) is 1.99. The second-order valence-electron chi connectivity index (χ2n) is 4.62. The van der Waals surface area contributed by atoms with Crippen LogP contribution >= 0.6 is 11.6 Å². The fraction of sp³-hybridized carbons (Fsp3) is 0.250. The Morgan fingerprint density at radius 1 is 1.16 bits per heavy atom. The predicted molar refractivity (Wildman–Crippen MR) is 79.9 cm³/mol. The lowest BCUT2D eigenvalue weighted by Crippen LogP contribution is -2.08. The first kappa shape index (κ1) is 13.9. The lowest BCUT2D eigenvalue weighted by atomic mass is 10.1. The van der Waals surface area contributed by atoms with E-state index in [-0.39, 0.29) is 6.04 Å². The Hall–Kier alpha value is -1.51. The van der Waals surface area contributed by atoms with Crippen LogP contribution in [0.5, 0.6) is 11.5 Å². The molecule has 0 aromatic heterocycles. The standard InChI is InChI=1S/C16H18ClNO/c1-3-15(18)12-5-7-13(8-6-12)19-16-10-11(2)4-9-14(16)17/h4-10,15H,3,18H2,1-2H3/t15-/m1/s1. The molecule has 19 heavy (non-hydrogen) atoms. The zero-order chi connectivity index (χ0) is 13.8. The number of benzene rings is 2. The quantitative estimate of drug-likeness (QED) is 0.866. The van der Waals surface area contributed by atoms with Gasteiger partial charge in [0.2, 0.25) is 0 Å². The summed E-state index contributed by atoms with van der Waals surface area (Å²) in [4.78, 5) is 0. The minimum absolute atomic E-state index is 0.0802. The van der Waals surface area contributed by atoms with Gasteiger partial charge in [-0.2, -0.15) is 0 Å². The van der Waals surface area contributed by atoms with Crippen molar-refractivity contribution in [2.75, 3.05) is 0 Å². The van der Waals surface area contributed by atoms with Gasteiger partial charge >= 0.3 is 0 Å². The third-order valence-electron chi connectivity index (χ3n) is 3.06. The van der Waals surface area contributed by atoms with Gasteiger partial charge in [0.1, 0.15) is 11.5 Å². The Labute approximate surface area is 119 Å². The van der Waals surface area contributed by atoms with Gasteiger partial charge in [-0.05, 0) is 48.7 Å². The fourth-order valence-electron chi connectivity index (χ4n) is 1.83. The summed E-state index contributed by atoms with van der Waals surface area (Å²) in [6, 6.07) is 13.6. The minimum atomic E-state index is 0.0802. The molecule has 0 saturated carbocycles. The smallest absolute Gasteiger partial charge is 0.146 e. The molecular weight excluding hydrogens is 258 g/mol. The van der Waals surface area contributed by atoms with Crippen LogP contribution < -0.4 is 10.5 Å². The average Bonchev–Trinajstić information content (AvgIpc) is 2.43. The first-order valence-electron chi connectivity index (χ1n) is 6.39. The Morgan fingerprint density at radius 3 is 2.47 bits per heavy atom. The Kier molecular flexibility index (Phi) is 4.46. The van der Waals surface area contributed by atoms with Gasteiger partial charge < -0.3 is 10.5 Å². The van der Waals surface area contributed by atoms with E-state index >= 15 is 0 Å². The molecule has 0 aliphatic rings. The molecule has 3 heteroatoms. The zero-order valence-corrected chi connectivity index (χ0v) is 11.9. The number of nitrogens with two attached hydrogens (primary N) is 1. The molecule has 0 unspecified atom stereocenters. The highest BCUT2D eigenvalue weighted by Crippen LogP contribution is 2.30. The summed E-state index contributed by atoms with van der Waals surface area (Å²) in [5.74, 6) is 1.44. The number of halogens is 1. The molecule has 0 aliphatic carbocycles. The van der Waals surface area contributed by atoms with Gasteiger partial charge in [0, 0.05) is 6.04 Å². The summed E-state index contributed by atoms with van der Waals surface area (Å²) >= 11 is 6.11. The van der Waals surface area contributed by atoms with Crippen LogP contribution in [-0.2, 0) is 0 Å². The molecule has 0 saturated heterocycles. The Balaban J connectivity index is 2.17. The van der Waals surface area contributed by atoms with E-state index in [0.29, 0.717) is 10.8 Å². The van der Waals surface area contributed by atoms with Crippen molar-refractivity contribution in [3.63, 3.8) is 0 Å². The van der Waals surface area contributed by atoms with Crippen LogP contribution in [0.25, 0.3) is 0 Å². The highest BCUT2D eigenvalue weighted by Gasteiger charge is 2.06. The lowest BCUT2D eigenvalue weighted by Gasteiger charge is -2.11. The number of ether oxygens (including phenoxy) is 1. The molecule has 1 atom stereocenters. The summed E-state index contributed by atoms with van der Waals surface area (Å²) in [7, 11) is 0. The van der Waals surface area contributed by atoms with Crippen LogP contribution in [0.15, 0.2) is 42.5 Å². The largest absolute Gasteiger partial charge is 0.456 e. The molecular formula is C16H18ClNO. The number of hydrogen-bond donors (Lipinski definition) is 1. The van der Waals surface area contributed by atoms with Gasteiger partial charge in [0.05, 0.1) is 5.02 Å². The van der Waals surface area contributed by atoms with E-state index in [1.807, 2.05) is 49.4 Å². The summed E-state index contributed by atoms with van der Waals surface area (Å²) in [6.45, 7) is 4.08. The van der Waals surface area contributed by atoms with E-state index in [1.54, 1.807) is 0 Å². The first-order valence-corrected chi connectivity index (χ1v) is 6.77. The van der Waals surface area contributed by atoms with Gasteiger partial charge in [-0.3, -0.25) is 0 Å². The van der Waals surface area contributed by atoms with E-state index in [1.165, 1.54) is 0 Å².